The highest BCUT2D eigenvalue weighted by Crippen LogP contribution is 2.22. The van der Waals surface area contributed by atoms with Gasteiger partial charge in [0.2, 0.25) is 0 Å². The highest BCUT2D eigenvalue weighted by Gasteiger charge is 2.20. The van der Waals surface area contributed by atoms with Crippen molar-refractivity contribution in [2.75, 3.05) is 0 Å². The average Bonchev–Trinajstić information content (AvgIpc) is 2.92. The van der Waals surface area contributed by atoms with E-state index in [0.29, 0.717) is 5.69 Å². The SMILES string of the molecule is CCCCCCn1nnc(C(=O)NC(C)c2c(C)cccc2C)c1C. The number of nitrogens with one attached hydrogen (secondary N) is 1. The molecule has 5 nitrogen and oxygen atoms in total. The third kappa shape index (κ3) is 4.68. The Morgan fingerprint density at radius 2 is 1.84 bits per heavy atom. The molecule has 136 valence electrons. The van der Waals surface area contributed by atoms with Crippen LogP contribution < -0.4 is 5.32 Å². The lowest BCUT2D eigenvalue weighted by atomic mass is 9.97. The van der Waals surface area contributed by atoms with Crippen LogP contribution in [-0.4, -0.2) is 20.9 Å². The second kappa shape index (κ2) is 8.79. The van der Waals surface area contributed by atoms with Gasteiger partial charge in [-0.1, -0.05) is 49.6 Å². The largest absolute Gasteiger partial charge is 0.344 e. The van der Waals surface area contributed by atoms with Crippen LogP contribution in [0.3, 0.4) is 0 Å². The first-order valence-corrected chi connectivity index (χ1v) is 9.22. The van der Waals surface area contributed by atoms with E-state index in [4.69, 9.17) is 0 Å². The second-order valence-electron chi connectivity index (χ2n) is 6.81. The van der Waals surface area contributed by atoms with Crippen molar-refractivity contribution >= 4 is 5.91 Å². The van der Waals surface area contributed by atoms with Crippen molar-refractivity contribution in [2.45, 2.75) is 72.9 Å². The number of carbonyl (C=O) groups excluding carboxylic acids is 1. The zero-order valence-corrected chi connectivity index (χ0v) is 16.1. The van der Waals surface area contributed by atoms with Crippen molar-refractivity contribution in [3.63, 3.8) is 0 Å². The van der Waals surface area contributed by atoms with Crippen LogP contribution in [0.4, 0.5) is 0 Å². The van der Waals surface area contributed by atoms with Gasteiger partial charge in [-0.15, -0.1) is 5.10 Å². The van der Waals surface area contributed by atoms with Crippen LogP contribution in [0.25, 0.3) is 0 Å². The fourth-order valence-corrected chi connectivity index (χ4v) is 3.32. The Kier molecular flexibility index (Phi) is 6.73. The average molecular weight is 342 g/mol. The number of unbranched alkanes of at least 4 members (excludes halogenated alkanes) is 3. The van der Waals surface area contributed by atoms with Crippen molar-refractivity contribution in [3.8, 4) is 0 Å². The van der Waals surface area contributed by atoms with Gasteiger partial charge in [-0.3, -0.25) is 4.79 Å². The molecule has 2 aromatic rings. The van der Waals surface area contributed by atoms with Crippen molar-refractivity contribution in [2.24, 2.45) is 0 Å². The summed E-state index contributed by atoms with van der Waals surface area (Å²) in [4.78, 5) is 12.6. The Labute approximate surface area is 150 Å². The molecule has 0 aliphatic rings. The van der Waals surface area contributed by atoms with Crippen LogP contribution in [0.2, 0.25) is 0 Å². The number of rotatable bonds is 8. The molecule has 0 saturated heterocycles. The van der Waals surface area contributed by atoms with Crippen LogP contribution in [0.15, 0.2) is 18.2 Å². The summed E-state index contributed by atoms with van der Waals surface area (Å²) in [6.45, 7) is 11.1. The van der Waals surface area contributed by atoms with E-state index >= 15 is 0 Å². The van der Waals surface area contributed by atoms with Crippen LogP contribution in [-0.2, 0) is 6.54 Å². The van der Waals surface area contributed by atoms with E-state index in [2.05, 4.69) is 48.5 Å². The zero-order chi connectivity index (χ0) is 18.4. The van der Waals surface area contributed by atoms with Gasteiger partial charge < -0.3 is 5.32 Å². The van der Waals surface area contributed by atoms with Gasteiger partial charge in [0.05, 0.1) is 11.7 Å². The molecule has 25 heavy (non-hydrogen) atoms. The van der Waals surface area contributed by atoms with Gasteiger partial charge in [0.1, 0.15) is 0 Å². The minimum absolute atomic E-state index is 0.0668. The molecule has 1 atom stereocenters. The highest BCUT2D eigenvalue weighted by molar-refractivity contribution is 5.93. The third-order valence-electron chi connectivity index (χ3n) is 4.74. The molecule has 1 unspecified atom stereocenters. The Hall–Kier alpha value is -2.17. The van der Waals surface area contributed by atoms with Gasteiger partial charge in [0, 0.05) is 6.54 Å². The fourth-order valence-electron chi connectivity index (χ4n) is 3.32. The van der Waals surface area contributed by atoms with Gasteiger partial charge >= 0.3 is 0 Å². The number of hydrogen-bond acceptors (Lipinski definition) is 3. The number of benzene rings is 1. The smallest absolute Gasteiger partial charge is 0.274 e. The molecule has 0 bridgehead atoms. The number of carbonyl (C=O) groups is 1. The lowest BCUT2D eigenvalue weighted by Gasteiger charge is -2.18. The van der Waals surface area contributed by atoms with Gasteiger partial charge in [0.15, 0.2) is 5.69 Å². The maximum Gasteiger partial charge on any atom is 0.274 e. The predicted molar refractivity (Wildman–Crippen MR) is 101 cm³/mol. The standard InChI is InChI=1S/C20H30N4O/c1-6-7-8-9-13-24-17(5)19(22-23-24)20(25)21-16(4)18-14(2)11-10-12-15(18)3/h10-12,16H,6-9,13H2,1-5H3,(H,21,25). The first-order valence-electron chi connectivity index (χ1n) is 9.22. The maximum atomic E-state index is 12.6. The molecule has 0 radical (unpaired) electrons. The summed E-state index contributed by atoms with van der Waals surface area (Å²) in [5.74, 6) is -0.160. The quantitative estimate of drug-likeness (QED) is 0.729. The number of hydrogen-bond donors (Lipinski definition) is 1. The van der Waals surface area contributed by atoms with Gasteiger partial charge in [0.25, 0.3) is 5.91 Å². The van der Waals surface area contributed by atoms with Gasteiger partial charge in [-0.05, 0) is 50.8 Å². The fraction of sp³-hybridized carbons (Fsp3) is 0.550. The lowest BCUT2D eigenvalue weighted by molar-refractivity contribution is 0.0934. The Morgan fingerprint density at radius 3 is 2.48 bits per heavy atom. The summed E-state index contributed by atoms with van der Waals surface area (Å²) < 4.78 is 1.84. The molecule has 1 aromatic heterocycles. The maximum absolute atomic E-state index is 12.6. The molecule has 1 amide bonds. The summed E-state index contributed by atoms with van der Waals surface area (Å²) in [5.41, 5.74) is 4.80. The zero-order valence-electron chi connectivity index (χ0n) is 16.1. The van der Waals surface area contributed by atoms with E-state index in [1.165, 1.54) is 36.0 Å². The minimum atomic E-state index is -0.160. The summed E-state index contributed by atoms with van der Waals surface area (Å²) in [7, 11) is 0. The van der Waals surface area contributed by atoms with E-state index in [-0.39, 0.29) is 11.9 Å². The molecule has 0 spiro atoms. The number of nitrogens with zero attached hydrogens (tertiary/aromatic N) is 3. The van der Waals surface area contributed by atoms with Crippen molar-refractivity contribution < 1.29 is 4.79 Å². The molecule has 1 heterocycles. The topological polar surface area (TPSA) is 59.8 Å². The molecule has 5 heteroatoms. The van der Waals surface area contributed by atoms with Crippen LogP contribution in [0, 0.1) is 20.8 Å². The van der Waals surface area contributed by atoms with E-state index in [0.717, 1.165) is 18.7 Å². The van der Waals surface area contributed by atoms with Crippen molar-refractivity contribution in [1.82, 2.24) is 20.3 Å². The van der Waals surface area contributed by atoms with Crippen LogP contribution in [0.1, 0.15) is 78.4 Å². The minimum Gasteiger partial charge on any atom is -0.344 e. The first kappa shape index (κ1) is 19.2. The van der Waals surface area contributed by atoms with Gasteiger partial charge in [-0.25, -0.2) is 4.68 Å². The van der Waals surface area contributed by atoms with E-state index < -0.39 is 0 Å². The number of aromatic nitrogens is 3. The summed E-state index contributed by atoms with van der Waals surface area (Å²) >= 11 is 0. The molecular weight excluding hydrogens is 312 g/mol. The van der Waals surface area contributed by atoms with E-state index in [9.17, 15) is 4.79 Å². The second-order valence-corrected chi connectivity index (χ2v) is 6.81. The Bertz CT molecular complexity index is 700. The normalized spacial score (nSPS) is 12.2. The molecule has 1 aromatic carbocycles. The van der Waals surface area contributed by atoms with Gasteiger partial charge in [-0.2, -0.15) is 0 Å². The molecule has 0 aliphatic carbocycles. The van der Waals surface area contributed by atoms with Crippen LogP contribution >= 0.6 is 0 Å². The molecule has 0 saturated carbocycles. The number of amides is 1. The molecule has 0 fully saturated rings. The summed E-state index contributed by atoms with van der Waals surface area (Å²) in [5, 5.41) is 11.3. The number of aryl methyl sites for hydroxylation is 3. The summed E-state index contributed by atoms with van der Waals surface area (Å²) in [6, 6.07) is 6.12. The van der Waals surface area contributed by atoms with E-state index in [1.54, 1.807) is 0 Å². The van der Waals surface area contributed by atoms with Crippen LogP contribution in [0.5, 0.6) is 0 Å². The molecular formula is C20H30N4O. The highest BCUT2D eigenvalue weighted by atomic mass is 16.2. The Morgan fingerprint density at radius 1 is 1.16 bits per heavy atom. The first-order chi connectivity index (χ1) is 12.0. The van der Waals surface area contributed by atoms with Crippen molar-refractivity contribution in [1.29, 1.82) is 0 Å². The third-order valence-corrected chi connectivity index (χ3v) is 4.74. The molecule has 0 aliphatic heterocycles. The van der Waals surface area contributed by atoms with E-state index in [1.807, 2.05) is 24.6 Å². The molecule has 2 rings (SSSR count). The summed E-state index contributed by atoms with van der Waals surface area (Å²) in [6.07, 6.45) is 4.69. The predicted octanol–water partition coefficient (Wildman–Crippen LogP) is 4.27. The molecule has 1 N–H and O–H groups in total. The monoisotopic (exact) mass is 342 g/mol. The Balaban J connectivity index is 2.05. The van der Waals surface area contributed by atoms with Crippen molar-refractivity contribution in [3.05, 3.63) is 46.3 Å². The lowest BCUT2D eigenvalue weighted by Crippen LogP contribution is -2.28.